The van der Waals surface area contributed by atoms with Crippen LogP contribution in [0.25, 0.3) is 0 Å². The summed E-state index contributed by atoms with van der Waals surface area (Å²) in [6.07, 6.45) is 2.20. The van der Waals surface area contributed by atoms with Gasteiger partial charge in [-0.3, -0.25) is 4.79 Å². The third-order valence-corrected chi connectivity index (χ3v) is 3.90. The number of aliphatic carboxylic acids is 1. The van der Waals surface area contributed by atoms with Crippen LogP contribution in [0.2, 0.25) is 0 Å². The zero-order valence-corrected chi connectivity index (χ0v) is 12.3. The van der Waals surface area contributed by atoms with E-state index < -0.39 is 12.0 Å². The smallest absolute Gasteiger partial charge is 0.326 e. The molecule has 2 atom stereocenters. The van der Waals surface area contributed by atoms with Gasteiger partial charge in [-0.25, -0.2) is 4.79 Å². The molecule has 5 nitrogen and oxygen atoms in total. The standard InChI is InChI=1S/C16H22N2O3/c1-11(17)5-4-8-15(19)18-10-13-7-3-2-6-12(13)9-14(18)16(20)21/h2-3,6-7,11,14H,4-5,8-10,17H2,1H3,(H,20,21)/t11?,14-/m1/s1. The maximum Gasteiger partial charge on any atom is 0.326 e. The number of carbonyl (C=O) groups is 2. The lowest BCUT2D eigenvalue weighted by Gasteiger charge is -2.34. The summed E-state index contributed by atoms with van der Waals surface area (Å²) >= 11 is 0. The van der Waals surface area contributed by atoms with Crippen LogP contribution in [0.15, 0.2) is 24.3 Å². The molecule has 2 rings (SSSR count). The molecule has 0 aromatic heterocycles. The summed E-state index contributed by atoms with van der Waals surface area (Å²) in [5.74, 6) is -1.04. The summed E-state index contributed by atoms with van der Waals surface area (Å²) in [4.78, 5) is 25.3. The number of fused-ring (bicyclic) bond motifs is 1. The van der Waals surface area contributed by atoms with Gasteiger partial charge in [0.1, 0.15) is 6.04 Å². The molecular weight excluding hydrogens is 268 g/mol. The van der Waals surface area contributed by atoms with E-state index in [0.717, 1.165) is 17.5 Å². The highest BCUT2D eigenvalue weighted by Gasteiger charge is 2.33. The van der Waals surface area contributed by atoms with E-state index in [0.29, 0.717) is 25.8 Å². The van der Waals surface area contributed by atoms with Gasteiger partial charge in [0.05, 0.1) is 0 Å². The molecule has 1 aromatic carbocycles. The average molecular weight is 290 g/mol. The average Bonchev–Trinajstić information content (AvgIpc) is 2.45. The number of benzene rings is 1. The third-order valence-electron chi connectivity index (χ3n) is 3.90. The molecule has 0 spiro atoms. The SMILES string of the molecule is CC(N)CCCC(=O)N1Cc2ccccc2C[C@@H]1C(=O)O. The number of carboxylic acids is 1. The van der Waals surface area contributed by atoms with Crippen molar-refractivity contribution in [3.63, 3.8) is 0 Å². The summed E-state index contributed by atoms with van der Waals surface area (Å²) in [5.41, 5.74) is 7.73. The van der Waals surface area contributed by atoms with Crippen LogP contribution in [-0.4, -0.2) is 34.0 Å². The topological polar surface area (TPSA) is 83.6 Å². The number of amides is 1. The zero-order chi connectivity index (χ0) is 15.4. The predicted octanol–water partition coefficient (Wildman–Crippen LogP) is 1.54. The van der Waals surface area contributed by atoms with Gasteiger partial charge in [-0.05, 0) is 30.9 Å². The van der Waals surface area contributed by atoms with Crippen molar-refractivity contribution in [3.8, 4) is 0 Å². The minimum Gasteiger partial charge on any atom is -0.480 e. The summed E-state index contributed by atoms with van der Waals surface area (Å²) in [6.45, 7) is 2.28. The molecule has 1 aromatic rings. The van der Waals surface area contributed by atoms with E-state index in [4.69, 9.17) is 5.73 Å². The quantitative estimate of drug-likeness (QED) is 0.861. The van der Waals surface area contributed by atoms with Crippen LogP contribution < -0.4 is 5.73 Å². The highest BCUT2D eigenvalue weighted by atomic mass is 16.4. The lowest BCUT2D eigenvalue weighted by Crippen LogP contribution is -2.48. The molecule has 1 aliphatic heterocycles. The number of nitrogens with two attached hydrogens (primary N) is 1. The molecule has 114 valence electrons. The second-order valence-corrected chi connectivity index (χ2v) is 5.72. The van der Waals surface area contributed by atoms with Gasteiger partial charge in [0.25, 0.3) is 0 Å². The van der Waals surface area contributed by atoms with E-state index in [1.54, 1.807) is 0 Å². The van der Waals surface area contributed by atoms with Crippen LogP contribution in [0.4, 0.5) is 0 Å². The van der Waals surface area contributed by atoms with E-state index in [1.165, 1.54) is 4.90 Å². The van der Waals surface area contributed by atoms with Crippen LogP contribution >= 0.6 is 0 Å². The molecule has 0 fully saturated rings. The van der Waals surface area contributed by atoms with Crippen LogP contribution in [0, 0.1) is 0 Å². The van der Waals surface area contributed by atoms with Gasteiger partial charge >= 0.3 is 5.97 Å². The van der Waals surface area contributed by atoms with Gasteiger partial charge in [0.2, 0.25) is 5.91 Å². The highest BCUT2D eigenvalue weighted by molar-refractivity contribution is 5.84. The number of hydrogen-bond acceptors (Lipinski definition) is 3. The van der Waals surface area contributed by atoms with E-state index in [2.05, 4.69) is 0 Å². The van der Waals surface area contributed by atoms with Gasteiger partial charge in [0, 0.05) is 25.4 Å². The van der Waals surface area contributed by atoms with Crippen LogP contribution in [0.3, 0.4) is 0 Å². The van der Waals surface area contributed by atoms with Crippen molar-refractivity contribution in [2.75, 3.05) is 0 Å². The number of carbonyl (C=O) groups excluding carboxylic acids is 1. The zero-order valence-electron chi connectivity index (χ0n) is 12.3. The number of carboxylic acid groups (broad SMARTS) is 1. The Labute approximate surface area is 124 Å². The monoisotopic (exact) mass is 290 g/mol. The number of hydrogen-bond donors (Lipinski definition) is 2. The predicted molar refractivity (Wildman–Crippen MR) is 79.6 cm³/mol. The summed E-state index contributed by atoms with van der Waals surface area (Å²) in [5, 5.41) is 9.38. The molecule has 0 saturated carbocycles. The maximum absolute atomic E-state index is 12.3. The largest absolute Gasteiger partial charge is 0.480 e. The Morgan fingerprint density at radius 1 is 1.38 bits per heavy atom. The molecule has 1 aliphatic rings. The Bertz CT molecular complexity index is 528. The molecule has 0 saturated heterocycles. The molecule has 1 heterocycles. The molecule has 0 aliphatic carbocycles. The molecule has 1 unspecified atom stereocenters. The Kier molecular flexibility index (Phi) is 4.96. The first-order chi connectivity index (χ1) is 9.99. The van der Waals surface area contributed by atoms with Gasteiger partial charge in [0.15, 0.2) is 0 Å². The Hall–Kier alpha value is -1.88. The number of rotatable bonds is 5. The normalized spacial score (nSPS) is 19.0. The lowest BCUT2D eigenvalue weighted by molar-refractivity contribution is -0.151. The Morgan fingerprint density at radius 2 is 2.05 bits per heavy atom. The summed E-state index contributed by atoms with van der Waals surface area (Å²) in [6, 6.07) is 7.01. The number of nitrogens with zero attached hydrogens (tertiary/aromatic N) is 1. The maximum atomic E-state index is 12.3. The molecule has 3 N–H and O–H groups in total. The first kappa shape index (κ1) is 15.5. The fraction of sp³-hybridized carbons (Fsp3) is 0.500. The summed E-state index contributed by atoms with van der Waals surface area (Å²) < 4.78 is 0. The molecule has 0 bridgehead atoms. The van der Waals surface area contributed by atoms with Gasteiger partial charge in [-0.1, -0.05) is 24.3 Å². The van der Waals surface area contributed by atoms with Gasteiger partial charge in [-0.2, -0.15) is 0 Å². The van der Waals surface area contributed by atoms with Crippen LogP contribution in [-0.2, 0) is 22.6 Å². The second kappa shape index (κ2) is 6.72. The summed E-state index contributed by atoms with van der Waals surface area (Å²) in [7, 11) is 0. The van der Waals surface area contributed by atoms with E-state index >= 15 is 0 Å². The van der Waals surface area contributed by atoms with Crippen molar-refractivity contribution >= 4 is 11.9 Å². The molecule has 5 heteroatoms. The molecule has 0 radical (unpaired) electrons. The van der Waals surface area contributed by atoms with Crippen molar-refractivity contribution in [2.45, 2.75) is 51.2 Å². The van der Waals surface area contributed by atoms with Crippen molar-refractivity contribution in [1.29, 1.82) is 0 Å². The van der Waals surface area contributed by atoms with Crippen molar-refractivity contribution in [2.24, 2.45) is 5.73 Å². The van der Waals surface area contributed by atoms with Crippen molar-refractivity contribution < 1.29 is 14.7 Å². The molecule has 1 amide bonds. The fourth-order valence-electron chi connectivity index (χ4n) is 2.72. The molecular formula is C16H22N2O3. The van der Waals surface area contributed by atoms with Crippen molar-refractivity contribution in [3.05, 3.63) is 35.4 Å². The first-order valence-corrected chi connectivity index (χ1v) is 7.33. The Balaban J connectivity index is 2.09. The fourth-order valence-corrected chi connectivity index (χ4v) is 2.72. The van der Waals surface area contributed by atoms with Gasteiger partial charge < -0.3 is 15.7 Å². The second-order valence-electron chi connectivity index (χ2n) is 5.72. The first-order valence-electron chi connectivity index (χ1n) is 7.33. The molecule has 21 heavy (non-hydrogen) atoms. The van der Waals surface area contributed by atoms with Crippen molar-refractivity contribution in [1.82, 2.24) is 4.90 Å². The minimum atomic E-state index is -0.940. The third kappa shape index (κ3) is 3.82. The Morgan fingerprint density at radius 3 is 2.67 bits per heavy atom. The van der Waals surface area contributed by atoms with E-state index in [1.807, 2.05) is 31.2 Å². The van der Waals surface area contributed by atoms with E-state index in [9.17, 15) is 14.7 Å². The highest BCUT2D eigenvalue weighted by Crippen LogP contribution is 2.24. The van der Waals surface area contributed by atoms with Crippen LogP contribution in [0.5, 0.6) is 0 Å². The lowest BCUT2D eigenvalue weighted by atomic mass is 9.93. The minimum absolute atomic E-state index is 0.0650. The van der Waals surface area contributed by atoms with E-state index in [-0.39, 0.29) is 11.9 Å². The van der Waals surface area contributed by atoms with Crippen LogP contribution in [0.1, 0.15) is 37.3 Å². The van der Waals surface area contributed by atoms with Gasteiger partial charge in [-0.15, -0.1) is 0 Å².